The van der Waals surface area contributed by atoms with Crippen LogP contribution in [0.15, 0.2) is 10.6 Å². The minimum absolute atomic E-state index is 0.00834. The van der Waals surface area contributed by atoms with Crippen LogP contribution in [0.2, 0.25) is 0 Å². The van der Waals surface area contributed by atoms with E-state index in [9.17, 15) is 0 Å². The Morgan fingerprint density at radius 1 is 1.27 bits per heavy atom. The molecule has 0 radical (unpaired) electrons. The average Bonchev–Trinajstić information content (AvgIpc) is 2.50. The highest BCUT2D eigenvalue weighted by Gasteiger charge is 2.28. The monoisotopic (exact) mass is 211 g/mol. The van der Waals surface area contributed by atoms with Gasteiger partial charge in [0.15, 0.2) is 0 Å². The third-order valence-electron chi connectivity index (χ3n) is 2.45. The van der Waals surface area contributed by atoms with Crippen LogP contribution in [-0.2, 0) is 15.6 Å². The molecular formula is C12H21NO2. The van der Waals surface area contributed by atoms with E-state index >= 15 is 0 Å². The molecule has 1 heterocycles. The normalized spacial score (nSPS) is 13.2. The molecule has 1 aromatic rings. The number of ether oxygens (including phenoxy) is 1. The Hall–Kier alpha value is -0.830. The minimum atomic E-state index is -0.0955. The first kappa shape index (κ1) is 12.2. The summed E-state index contributed by atoms with van der Waals surface area (Å²) in [5.74, 6) is 0.918. The SMILES string of the molecule is COCC(C)(C)c1cc(C(C)(C)C)on1. The first-order valence-electron chi connectivity index (χ1n) is 5.24. The number of nitrogens with zero attached hydrogens (tertiary/aromatic N) is 1. The Morgan fingerprint density at radius 3 is 2.27 bits per heavy atom. The molecule has 0 unspecified atom stereocenters. The van der Waals surface area contributed by atoms with Gasteiger partial charge in [0.1, 0.15) is 5.76 Å². The van der Waals surface area contributed by atoms with E-state index in [0.29, 0.717) is 6.61 Å². The zero-order chi connectivity index (χ0) is 11.7. The predicted octanol–water partition coefficient (Wildman–Crippen LogP) is 2.90. The lowest BCUT2D eigenvalue weighted by Gasteiger charge is -2.20. The predicted molar refractivity (Wildman–Crippen MR) is 60.1 cm³/mol. The van der Waals surface area contributed by atoms with E-state index in [1.165, 1.54) is 0 Å². The molecule has 3 nitrogen and oxygen atoms in total. The van der Waals surface area contributed by atoms with Crippen LogP contribution in [0.4, 0.5) is 0 Å². The fraction of sp³-hybridized carbons (Fsp3) is 0.750. The molecule has 0 N–H and O–H groups in total. The van der Waals surface area contributed by atoms with Crippen LogP contribution in [0, 0.1) is 0 Å². The van der Waals surface area contributed by atoms with Gasteiger partial charge < -0.3 is 9.26 Å². The molecule has 0 aromatic carbocycles. The van der Waals surface area contributed by atoms with Gasteiger partial charge in [0, 0.05) is 24.0 Å². The third kappa shape index (κ3) is 2.81. The summed E-state index contributed by atoms with van der Waals surface area (Å²) in [6.45, 7) is 11.2. The molecule has 3 heteroatoms. The maximum absolute atomic E-state index is 5.36. The summed E-state index contributed by atoms with van der Waals surface area (Å²) in [5.41, 5.74) is 0.866. The summed E-state index contributed by atoms with van der Waals surface area (Å²) in [7, 11) is 1.70. The van der Waals surface area contributed by atoms with Gasteiger partial charge in [-0.15, -0.1) is 0 Å². The quantitative estimate of drug-likeness (QED) is 0.771. The molecule has 0 bridgehead atoms. The van der Waals surface area contributed by atoms with E-state index in [0.717, 1.165) is 11.5 Å². The Bertz CT molecular complexity index is 321. The third-order valence-corrected chi connectivity index (χ3v) is 2.45. The topological polar surface area (TPSA) is 35.3 Å². The summed E-state index contributed by atoms with van der Waals surface area (Å²) >= 11 is 0. The summed E-state index contributed by atoms with van der Waals surface area (Å²) in [5, 5.41) is 4.12. The largest absolute Gasteiger partial charge is 0.384 e. The van der Waals surface area contributed by atoms with Gasteiger partial charge in [-0.05, 0) is 0 Å². The highest BCUT2D eigenvalue weighted by Crippen LogP contribution is 2.28. The number of hydrogen-bond donors (Lipinski definition) is 0. The first-order valence-corrected chi connectivity index (χ1v) is 5.24. The molecule has 86 valence electrons. The second kappa shape index (κ2) is 3.97. The number of hydrogen-bond acceptors (Lipinski definition) is 3. The van der Waals surface area contributed by atoms with Gasteiger partial charge in [-0.25, -0.2) is 0 Å². The van der Waals surface area contributed by atoms with Gasteiger partial charge >= 0.3 is 0 Å². The molecule has 1 rings (SSSR count). The second-order valence-corrected chi connectivity index (χ2v) is 5.64. The van der Waals surface area contributed by atoms with Crippen molar-refractivity contribution in [3.8, 4) is 0 Å². The average molecular weight is 211 g/mol. The highest BCUT2D eigenvalue weighted by molar-refractivity contribution is 5.19. The van der Waals surface area contributed by atoms with E-state index in [1.54, 1.807) is 7.11 Å². The van der Waals surface area contributed by atoms with Crippen molar-refractivity contribution in [3.63, 3.8) is 0 Å². The molecule has 1 aromatic heterocycles. The Kier molecular flexibility index (Phi) is 3.24. The van der Waals surface area contributed by atoms with Crippen LogP contribution in [0.25, 0.3) is 0 Å². The van der Waals surface area contributed by atoms with Crippen molar-refractivity contribution < 1.29 is 9.26 Å². The fourth-order valence-corrected chi connectivity index (χ4v) is 1.38. The Balaban J connectivity index is 2.94. The van der Waals surface area contributed by atoms with Gasteiger partial charge in [-0.1, -0.05) is 39.8 Å². The standard InChI is InChI=1S/C12H21NO2/c1-11(2,3)10-7-9(13-15-10)12(4,5)8-14-6/h7H,8H2,1-6H3. The molecule has 0 spiro atoms. The highest BCUT2D eigenvalue weighted by atomic mass is 16.5. The molecule has 0 saturated heterocycles. The first-order chi connectivity index (χ1) is 6.77. The van der Waals surface area contributed by atoms with Gasteiger partial charge in [-0.2, -0.15) is 0 Å². The van der Waals surface area contributed by atoms with E-state index in [2.05, 4.69) is 39.8 Å². The van der Waals surface area contributed by atoms with Crippen molar-refractivity contribution >= 4 is 0 Å². The van der Waals surface area contributed by atoms with Gasteiger partial charge in [0.2, 0.25) is 0 Å². The summed E-state index contributed by atoms with van der Waals surface area (Å²) in [6.07, 6.45) is 0. The lowest BCUT2D eigenvalue weighted by atomic mass is 9.87. The maximum Gasteiger partial charge on any atom is 0.142 e. The summed E-state index contributed by atoms with van der Waals surface area (Å²) in [6, 6.07) is 2.03. The van der Waals surface area contributed by atoms with E-state index in [-0.39, 0.29) is 10.8 Å². The van der Waals surface area contributed by atoms with Crippen LogP contribution >= 0.6 is 0 Å². The van der Waals surface area contributed by atoms with Crippen molar-refractivity contribution in [2.45, 2.75) is 45.4 Å². The van der Waals surface area contributed by atoms with E-state index in [4.69, 9.17) is 9.26 Å². The zero-order valence-electron chi connectivity index (χ0n) is 10.5. The number of aromatic nitrogens is 1. The van der Waals surface area contributed by atoms with Crippen molar-refractivity contribution in [3.05, 3.63) is 17.5 Å². The molecule has 0 aliphatic heterocycles. The minimum Gasteiger partial charge on any atom is -0.384 e. The Morgan fingerprint density at radius 2 is 1.87 bits per heavy atom. The van der Waals surface area contributed by atoms with Crippen LogP contribution in [0.5, 0.6) is 0 Å². The van der Waals surface area contributed by atoms with Crippen molar-refractivity contribution in [2.75, 3.05) is 13.7 Å². The molecule has 0 saturated carbocycles. The lowest BCUT2D eigenvalue weighted by Crippen LogP contribution is -2.24. The van der Waals surface area contributed by atoms with Gasteiger partial charge in [-0.3, -0.25) is 0 Å². The molecular weight excluding hydrogens is 190 g/mol. The Labute approximate surface area is 91.8 Å². The van der Waals surface area contributed by atoms with Crippen molar-refractivity contribution in [2.24, 2.45) is 0 Å². The zero-order valence-corrected chi connectivity index (χ0v) is 10.5. The van der Waals surface area contributed by atoms with Crippen LogP contribution < -0.4 is 0 Å². The molecule has 15 heavy (non-hydrogen) atoms. The van der Waals surface area contributed by atoms with E-state index in [1.807, 2.05) is 6.07 Å². The number of rotatable bonds is 3. The van der Waals surface area contributed by atoms with Crippen LogP contribution in [0.1, 0.15) is 46.1 Å². The van der Waals surface area contributed by atoms with Gasteiger partial charge in [0.25, 0.3) is 0 Å². The summed E-state index contributed by atoms with van der Waals surface area (Å²) < 4.78 is 10.5. The summed E-state index contributed by atoms with van der Waals surface area (Å²) in [4.78, 5) is 0. The smallest absolute Gasteiger partial charge is 0.142 e. The van der Waals surface area contributed by atoms with Crippen molar-refractivity contribution in [1.29, 1.82) is 0 Å². The van der Waals surface area contributed by atoms with Crippen LogP contribution in [-0.4, -0.2) is 18.9 Å². The molecule has 0 fully saturated rings. The van der Waals surface area contributed by atoms with Crippen molar-refractivity contribution in [1.82, 2.24) is 5.16 Å². The molecule has 0 aliphatic rings. The molecule has 0 atom stereocenters. The maximum atomic E-state index is 5.36. The second-order valence-electron chi connectivity index (χ2n) is 5.64. The van der Waals surface area contributed by atoms with Gasteiger partial charge in [0.05, 0.1) is 12.3 Å². The van der Waals surface area contributed by atoms with Crippen LogP contribution in [0.3, 0.4) is 0 Å². The fourth-order valence-electron chi connectivity index (χ4n) is 1.38. The van der Waals surface area contributed by atoms with E-state index < -0.39 is 0 Å². The molecule has 0 aliphatic carbocycles. The number of methoxy groups -OCH3 is 1. The molecule has 0 amide bonds. The lowest BCUT2D eigenvalue weighted by molar-refractivity contribution is 0.142.